The van der Waals surface area contributed by atoms with Gasteiger partial charge in [-0.2, -0.15) is 0 Å². The predicted octanol–water partition coefficient (Wildman–Crippen LogP) is 4.01. The average molecular weight is 441 g/mol. The first-order chi connectivity index (χ1) is 15.2. The van der Waals surface area contributed by atoms with Crippen molar-refractivity contribution in [3.05, 3.63) is 36.1 Å². The molecule has 32 heavy (non-hydrogen) atoms. The number of allylic oxidation sites excluding steroid dienone is 1. The average Bonchev–Trinajstić information content (AvgIpc) is 3.08. The third-order valence-corrected chi connectivity index (χ3v) is 5.89. The summed E-state index contributed by atoms with van der Waals surface area (Å²) in [6.07, 6.45) is 8.88. The summed E-state index contributed by atoms with van der Waals surface area (Å²) in [4.78, 5) is 33.8. The lowest BCUT2D eigenvalue weighted by Crippen LogP contribution is -2.52. The zero-order valence-corrected chi connectivity index (χ0v) is 20.2. The standard InChI is InChI=1S/C24H36N6O2/c1-7-18-15-26-23(32-28-18)22(24(3,4)5)29(6)21(31)11-9-8-10-14-30-17(2)27-19-16-25-13-12-20(19)30/h7,12-13,16,22,28H,8-11,14-15H2,1-6H3/b18-7-. The van der Waals surface area contributed by atoms with Gasteiger partial charge >= 0.3 is 0 Å². The molecule has 8 nitrogen and oxygen atoms in total. The van der Waals surface area contributed by atoms with Crippen molar-refractivity contribution in [1.82, 2.24) is 24.9 Å². The Bertz CT molecular complexity index is 1000. The van der Waals surface area contributed by atoms with Gasteiger partial charge in [0.15, 0.2) is 0 Å². The minimum atomic E-state index is -0.227. The summed E-state index contributed by atoms with van der Waals surface area (Å²) in [7, 11) is 1.85. The second-order valence-corrected chi connectivity index (χ2v) is 9.43. The molecule has 3 rings (SSSR count). The fraction of sp³-hybridized carbons (Fsp3) is 0.583. The van der Waals surface area contributed by atoms with Gasteiger partial charge in [0.25, 0.3) is 0 Å². The van der Waals surface area contributed by atoms with E-state index in [1.807, 2.05) is 33.0 Å². The normalized spacial score (nSPS) is 16.4. The van der Waals surface area contributed by atoms with Crippen LogP contribution in [-0.4, -0.2) is 50.9 Å². The van der Waals surface area contributed by atoms with Crippen LogP contribution in [0, 0.1) is 12.3 Å². The SMILES string of the molecule is C/C=C1/CN=C(C(N(C)C(=O)CCCCCn2c(C)nc3cnccc32)C(C)(C)C)ON1. The quantitative estimate of drug-likeness (QED) is 0.627. The van der Waals surface area contributed by atoms with Crippen molar-refractivity contribution in [2.45, 2.75) is 72.9 Å². The minimum absolute atomic E-state index is 0.114. The van der Waals surface area contributed by atoms with Crippen molar-refractivity contribution in [2.75, 3.05) is 13.6 Å². The highest BCUT2D eigenvalue weighted by atomic mass is 16.7. The molecular weight excluding hydrogens is 404 g/mol. The van der Waals surface area contributed by atoms with Crippen LogP contribution in [0.2, 0.25) is 0 Å². The van der Waals surface area contributed by atoms with E-state index in [1.54, 1.807) is 17.3 Å². The third kappa shape index (κ3) is 5.47. The van der Waals surface area contributed by atoms with Gasteiger partial charge in [0.2, 0.25) is 11.8 Å². The van der Waals surface area contributed by atoms with Gasteiger partial charge in [0.05, 0.1) is 24.0 Å². The number of aliphatic imine (C=N–C) groups is 1. The molecule has 1 N–H and O–H groups in total. The number of fused-ring (bicyclic) bond motifs is 1. The number of hydrogen-bond donors (Lipinski definition) is 1. The number of carbonyl (C=O) groups is 1. The Balaban J connectivity index is 1.53. The maximum atomic E-state index is 13.0. The molecule has 0 saturated carbocycles. The van der Waals surface area contributed by atoms with Crippen molar-refractivity contribution >= 4 is 22.8 Å². The zero-order valence-electron chi connectivity index (χ0n) is 20.2. The van der Waals surface area contributed by atoms with Crippen LogP contribution >= 0.6 is 0 Å². The number of amides is 1. The number of unbranched alkanes of at least 4 members (excludes halogenated alkanes) is 2. The molecule has 0 fully saturated rings. The van der Waals surface area contributed by atoms with Gasteiger partial charge < -0.3 is 14.3 Å². The van der Waals surface area contributed by atoms with Crippen LogP contribution in [0.4, 0.5) is 0 Å². The number of rotatable bonds is 8. The molecule has 8 heteroatoms. The maximum absolute atomic E-state index is 13.0. The van der Waals surface area contributed by atoms with Crippen molar-refractivity contribution < 1.29 is 9.63 Å². The predicted molar refractivity (Wildman–Crippen MR) is 127 cm³/mol. The lowest BCUT2D eigenvalue weighted by atomic mass is 9.85. The highest BCUT2D eigenvalue weighted by molar-refractivity contribution is 5.88. The summed E-state index contributed by atoms with van der Waals surface area (Å²) in [5.41, 5.74) is 5.70. The van der Waals surface area contributed by atoms with Gasteiger partial charge in [-0.1, -0.05) is 33.3 Å². The van der Waals surface area contributed by atoms with Crippen LogP contribution in [0.1, 0.15) is 59.2 Å². The van der Waals surface area contributed by atoms with E-state index in [-0.39, 0.29) is 17.4 Å². The van der Waals surface area contributed by atoms with Crippen molar-refractivity contribution in [2.24, 2.45) is 10.4 Å². The first-order valence-corrected chi connectivity index (χ1v) is 11.4. The van der Waals surface area contributed by atoms with E-state index in [4.69, 9.17) is 4.84 Å². The number of nitrogens with one attached hydrogen (secondary N) is 1. The van der Waals surface area contributed by atoms with Crippen molar-refractivity contribution in [3.8, 4) is 0 Å². The number of pyridine rings is 1. The number of hydrogen-bond acceptors (Lipinski definition) is 6. The van der Waals surface area contributed by atoms with E-state index in [0.717, 1.165) is 48.4 Å². The van der Waals surface area contributed by atoms with E-state index in [2.05, 4.69) is 45.8 Å². The highest BCUT2D eigenvalue weighted by Gasteiger charge is 2.37. The lowest BCUT2D eigenvalue weighted by Gasteiger charge is -2.38. The Morgan fingerprint density at radius 3 is 2.78 bits per heavy atom. The molecule has 0 aliphatic carbocycles. The molecule has 0 spiro atoms. The summed E-state index contributed by atoms with van der Waals surface area (Å²) < 4.78 is 2.23. The second kappa shape index (κ2) is 10.1. The Labute approximate surface area is 190 Å². The molecule has 3 heterocycles. The molecule has 2 aromatic rings. The number of aromatic nitrogens is 3. The zero-order chi connectivity index (χ0) is 23.3. The van der Waals surface area contributed by atoms with Crippen LogP contribution < -0.4 is 5.48 Å². The van der Waals surface area contributed by atoms with Gasteiger partial charge in [-0.05, 0) is 38.2 Å². The molecular formula is C24H36N6O2. The Morgan fingerprint density at radius 1 is 1.34 bits per heavy atom. The fourth-order valence-corrected chi connectivity index (χ4v) is 4.18. The monoisotopic (exact) mass is 440 g/mol. The largest absolute Gasteiger partial charge is 0.365 e. The molecule has 1 aliphatic heterocycles. The van der Waals surface area contributed by atoms with Crippen molar-refractivity contribution in [1.29, 1.82) is 0 Å². The third-order valence-electron chi connectivity index (χ3n) is 5.89. The molecule has 1 amide bonds. The number of carbonyl (C=O) groups excluding carboxylic acids is 1. The fourth-order valence-electron chi connectivity index (χ4n) is 4.18. The molecule has 1 atom stereocenters. The van der Waals surface area contributed by atoms with Gasteiger partial charge in [-0.3, -0.25) is 9.78 Å². The van der Waals surface area contributed by atoms with Crippen LogP contribution in [0.15, 0.2) is 35.2 Å². The van der Waals surface area contributed by atoms with Gasteiger partial charge in [0, 0.05) is 26.2 Å². The van der Waals surface area contributed by atoms with Crippen LogP contribution in [0.25, 0.3) is 11.0 Å². The number of likely N-dealkylation sites (N-methyl/N-ethyl adjacent to an activating group) is 1. The smallest absolute Gasteiger partial charge is 0.240 e. The maximum Gasteiger partial charge on any atom is 0.240 e. The van der Waals surface area contributed by atoms with Crippen LogP contribution in [0.5, 0.6) is 0 Å². The first kappa shape index (κ1) is 23.8. The first-order valence-electron chi connectivity index (χ1n) is 11.4. The van der Waals surface area contributed by atoms with E-state index in [0.29, 0.717) is 18.9 Å². The summed E-state index contributed by atoms with van der Waals surface area (Å²) >= 11 is 0. The van der Waals surface area contributed by atoms with Gasteiger partial charge in [0.1, 0.15) is 17.4 Å². The van der Waals surface area contributed by atoms with Gasteiger partial charge in [-0.25, -0.2) is 15.5 Å². The van der Waals surface area contributed by atoms with Crippen LogP contribution in [-0.2, 0) is 16.2 Å². The van der Waals surface area contributed by atoms with Gasteiger partial charge in [-0.15, -0.1) is 0 Å². The lowest BCUT2D eigenvalue weighted by molar-refractivity contribution is -0.133. The summed E-state index contributed by atoms with van der Waals surface area (Å²) in [6, 6.07) is 1.78. The summed E-state index contributed by atoms with van der Waals surface area (Å²) in [5.74, 6) is 1.68. The topological polar surface area (TPSA) is 84.6 Å². The number of nitrogens with zero attached hydrogens (tertiary/aromatic N) is 5. The number of aryl methyl sites for hydroxylation is 2. The molecule has 0 aromatic carbocycles. The Kier molecular flexibility index (Phi) is 7.53. The van der Waals surface area contributed by atoms with E-state index < -0.39 is 0 Å². The molecule has 0 saturated heterocycles. The van der Waals surface area contributed by atoms with E-state index in [9.17, 15) is 4.79 Å². The van der Waals surface area contributed by atoms with E-state index >= 15 is 0 Å². The second-order valence-electron chi connectivity index (χ2n) is 9.43. The Morgan fingerprint density at radius 2 is 2.12 bits per heavy atom. The number of hydroxylamine groups is 1. The molecule has 0 radical (unpaired) electrons. The molecule has 1 aliphatic rings. The highest BCUT2D eigenvalue weighted by Crippen LogP contribution is 2.27. The van der Waals surface area contributed by atoms with Crippen molar-refractivity contribution in [3.63, 3.8) is 0 Å². The minimum Gasteiger partial charge on any atom is -0.365 e. The summed E-state index contributed by atoms with van der Waals surface area (Å²) in [6.45, 7) is 11.7. The number of imidazole rings is 1. The Hall–Kier alpha value is -2.90. The summed E-state index contributed by atoms with van der Waals surface area (Å²) in [5, 5.41) is 0. The molecule has 0 bridgehead atoms. The molecule has 174 valence electrons. The van der Waals surface area contributed by atoms with Crippen LogP contribution in [0.3, 0.4) is 0 Å². The molecule has 1 unspecified atom stereocenters. The molecule has 2 aromatic heterocycles. The van der Waals surface area contributed by atoms with E-state index in [1.165, 1.54) is 0 Å².